The summed E-state index contributed by atoms with van der Waals surface area (Å²) in [6, 6.07) is 16.8. The molecular formula is C26H28N2O4. The van der Waals surface area contributed by atoms with Gasteiger partial charge < -0.3 is 19.4 Å². The van der Waals surface area contributed by atoms with E-state index in [0.29, 0.717) is 37.4 Å². The van der Waals surface area contributed by atoms with E-state index in [0.717, 1.165) is 34.1 Å². The standard InChI is InChI=1S/C26H28N2O4/c1-17(2)13-25(29)27-21-6-4-5-19(14-21)24-15-20-16-28(12-11-23(20)32-24)26(30)18-7-9-22(31-3)10-8-18/h4-10,14-15,17H,11-13,16H2,1-3H3,(H,27,29). The average Bonchev–Trinajstić information content (AvgIpc) is 3.22. The number of ether oxygens (including phenoxy) is 1. The summed E-state index contributed by atoms with van der Waals surface area (Å²) in [6.45, 7) is 5.16. The van der Waals surface area contributed by atoms with Gasteiger partial charge in [-0.3, -0.25) is 9.59 Å². The van der Waals surface area contributed by atoms with Gasteiger partial charge in [-0.2, -0.15) is 0 Å². The second-order valence-corrected chi connectivity index (χ2v) is 8.49. The van der Waals surface area contributed by atoms with Crippen molar-refractivity contribution in [3.8, 4) is 17.1 Å². The van der Waals surface area contributed by atoms with Gasteiger partial charge in [-0.15, -0.1) is 0 Å². The molecule has 1 N–H and O–H groups in total. The third kappa shape index (κ3) is 4.85. The van der Waals surface area contributed by atoms with E-state index in [9.17, 15) is 9.59 Å². The van der Waals surface area contributed by atoms with Crippen LogP contribution in [0.2, 0.25) is 0 Å². The van der Waals surface area contributed by atoms with Crippen LogP contribution in [0.4, 0.5) is 5.69 Å². The molecule has 1 aliphatic rings. The van der Waals surface area contributed by atoms with Crippen molar-refractivity contribution in [1.29, 1.82) is 0 Å². The number of fused-ring (bicyclic) bond motifs is 1. The maximum absolute atomic E-state index is 12.9. The molecule has 3 aromatic rings. The molecule has 0 fully saturated rings. The van der Waals surface area contributed by atoms with E-state index in [2.05, 4.69) is 5.32 Å². The van der Waals surface area contributed by atoms with E-state index < -0.39 is 0 Å². The number of hydrogen-bond acceptors (Lipinski definition) is 4. The molecule has 32 heavy (non-hydrogen) atoms. The Kier molecular flexibility index (Phi) is 6.30. The summed E-state index contributed by atoms with van der Waals surface area (Å²) in [5, 5.41) is 2.95. The number of carbonyl (C=O) groups is 2. The highest BCUT2D eigenvalue weighted by molar-refractivity contribution is 5.94. The lowest BCUT2D eigenvalue weighted by Crippen LogP contribution is -2.35. The maximum Gasteiger partial charge on any atom is 0.254 e. The van der Waals surface area contributed by atoms with Crippen LogP contribution in [0.5, 0.6) is 5.75 Å². The van der Waals surface area contributed by atoms with Gasteiger partial charge in [-0.1, -0.05) is 26.0 Å². The molecule has 0 saturated heterocycles. The number of benzene rings is 2. The summed E-state index contributed by atoms with van der Waals surface area (Å²) < 4.78 is 11.3. The lowest BCUT2D eigenvalue weighted by Gasteiger charge is -2.26. The molecule has 1 aromatic heterocycles. The number of anilines is 1. The summed E-state index contributed by atoms with van der Waals surface area (Å²) in [6.07, 6.45) is 1.15. The van der Waals surface area contributed by atoms with Crippen molar-refractivity contribution in [3.05, 3.63) is 71.5 Å². The summed E-state index contributed by atoms with van der Waals surface area (Å²) >= 11 is 0. The first-order chi connectivity index (χ1) is 15.4. The fourth-order valence-electron chi connectivity index (χ4n) is 3.90. The number of rotatable bonds is 6. The van der Waals surface area contributed by atoms with E-state index in [4.69, 9.17) is 9.15 Å². The van der Waals surface area contributed by atoms with E-state index in [1.54, 1.807) is 31.4 Å². The van der Waals surface area contributed by atoms with Crippen LogP contribution in [-0.4, -0.2) is 30.4 Å². The minimum Gasteiger partial charge on any atom is -0.497 e. The van der Waals surface area contributed by atoms with E-state index in [-0.39, 0.29) is 11.8 Å². The highest BCUT2D eigenvalue weighted by Crippen LogP contribution is 2.31. The minimum absolute atomic E-state index is 0.00331. The number of nitrogens with one attached hydrogen (secondary N) is 1. The number of carbonyl (C=O) groups excluding carboxylic acids is 2. The SMILES string of the molecule is COc1ccc(C(=O)N2CCc3oc(-c4cccc(NC(=O)CC(C)C)c4)cc3C2)cc1. The van der Waals surface area contributed by atoms with E-state index >= 15 is 0 Å². The Hall–Kier alpha value is -3.54. The normalized spacial score (nSPS) is 13.1. The molecular weight excluding hydrogens is 404 g/mol. The first kappa shape index (κ1) is 21.7. The molecule has 4 rings (SSSR count). The van der Waals surface area contributed by atoms with Crippen molar-refractivity contribution in [2.45, 2.75) is 33.2 Å². The molecule has 2 aromatic carbocycles. The quantitative estimate of drug-likeness (QED) is 0.586. The van der Waals surface area contributed by atoms with Crippen molar-refractivity contribution in [2.24, 2.45) is 5.92 Å². The van der Waals surface area contributed by atoms with Crippen LogP contribution in [0, 0.1) is 5.92 Å². The van der Waals surface area contributed by atoms with E-state index in [1.165, 1.54) is 0 Å². The third-order valence-corrected chi connectivity index (χ3v) is 5.52. The van der Waals surface area contributed by atoms with Crippen molar-refractivity contribution < 1.29 is 18.7 Å². The predicted octanol–water partition coefficient (Wildman–Crippen LogP) is 5.14. The number of nitrogens with zero attached hydrogens (tertiary/aromatic N) is 1. The van der Waals surface area contributed by atoms with Crippen LogP contribution in [0.25, 0.3) is 11.3 Å². The van der Waals surface area contributed by atoms with Crippen LogP contribution in [0.1, 0.15) is 41.9 Å². The monoisotopic (exact) mass is 432 g/mol. The largest absolute Gasteiger partial charge is 0.497 e. The molecule has 6 heteroatoms. The molecule has 0 aliphatic carbocycles. The van der Waals surface area contributed by atoms with Gasteiger partial charge in [-0.05, 0) is 48.4 Å². The Morgan fingerprint density at radius 1 is 1.12 bits per heavy atom. The van der Waals surface area contributed by atoms with Crippen LogP contribution in [-0.2, 0) is 17.8 Å². The van der Waals surface area contributed by atoms with Crippen LogP contribution < -0.4 is 10.1 Å². The molecule has 1 aliphatic heterocycles. The highest BCUT2D eigenvalue weighted by Gasteiger charge is 2.25. The highest BCUT2D eigenvalue weighted by atomic mass is 16.5. The molecule has 166 valence electrons. The van der Waals surface area contributed by atoms with Crippen molar-refractivity contribution in [3.63, 3.8) is 0 Å². The first-order valence-corrected chi connectivity index (χ1v) is 10.9. The lowest BCUT2D eigenvalue weighted by atomic mass is 10.1. The zero-order valence-electron chi connectivity index (χ0n) is 18.7. The Labute approximate surface area is 188 Å². The van der Waals surface area contributed by atoms with Crippen molar-refractivity contribution in [2.75, 3.05) is 19.0 Å². The molecule has 6 nitrogen and oxygen atoms in total. The van der Waals surface area contributed by atoms with Gasteiger partial charge in [0.2, 0.25) is 5.91 Å². The van der Waals surface area contributed by atoms with Gasteiger partial charge in [0.05, 0.1) is 7.11 Å². The van der Waals surface area contributed by atoms with Gasteiger partial charge >= 0.3 is 0 Å². The average molecular weight is 433 g/mol. The fourth-order valence-corrected chi connectivity index (χ4v) is 3.90. The molecule has 2 amide bonds. The molecule has 0 spiro atoms. The summed E-state index contributed by atoms with van der Waals surface area (Å²) in [4.78, 5) is 26.9. The lowest BCUT2D eigenvalue weighted by molar-refractivity contribution is -0.116. The Morgan fingerprint density at radius 3 is 2.62 bits per heavy atom. The minimum atomic E-state index is -0.00378. The number of furan rings is 1. The number of methoxy groups -OCH3 is 1. The number of hydrogen-bond donors (Lipinski definition) is 1. The van der Waals surface area contributed by atoms with E-state index in [1.807, 2.05) is 49.1 Å². The number of amides is 2. The summed E-state index contributed by atoms with van der Waals surface area (Å²) in [5.74, 6) is 2.68. The topological polar surface area (TPSA) is 71.8 Å². The second-order valence-electron chi connectivity index (χ2n) is 8.49. The maximum atomic E-state index is 12.9. The Morgan fingerprint density at radius 2 is 1.91 bits per heavy atom. The molecule has 0 bridgehead atoms. The van der Waals surface area contributed by atoms with Crippen molar-refractivity contribution in [1.82, 2.24) is 4.90 Å². The smallest absolute Gasteiger partial charge is 0.254 e. The van der Waals surface area contributed by atoms with Crippen LogP contribution >= 0.6 is 0 Å². The molecule has 0 saturated carbocycles. The third-order valence-electron chi connectivity index (χ3n) is 5.52. The van der Waals surface area contributed by atoms with Gasteiger partial charge in [-0.25, -0.2) is 0 Å². The van der Waals surface area contributed by atoms with Gasteiger partial charge in [0.15, 0.2) is 0 Å². The molecule has 2 heterocycles. The van der Waals surface area contributed by atoms with Crippen molar-refractivity contribution >= 4 is 17.5 Å². The molecule has 0 radical (unpaired) electrons. The van der Waals surface area contributed by atoms with Gasteiger partial charge in [0.25, 0.3) is 5.91 Å². The predicted molar refractivity (Wildman–Crippen MR) is 124 cm³/mol. The van der Waals surface area contributed by atoms with Crippen LogP contribution in [0.3, 0.4) is 0 Å². The molecule has 0 atom stereocenters. The zero-order chi connectivity index (χ0) is 22.7. The van der Waals surface area contributed by atoms with Gasteiger partial charge in [0.1, 0.15) is 17.3 Å². The Bertz CT molecular complexity index is 1120. The zero-order valence-corrected chi connectivity index (χ0v) is 18.7. The Balaban J connectivity index is 1.48. The fraction of sp³-hybridized carbons (Fsp3) is 0.308. The van der Waals surface area contributed by atoms with Crippen LogP contribution in [0.15, 0.2) is 59.0 Å². The van der Waals surface area contributed by atoms with Gasteiger partial charge in [0, 0.05) is 48.3 Å². The summed E-state index contributed by atoms with van der Waals surface area (Å²) in [7, 11) is 1.61. The summed E-state index contributed by atoms with van der Waals surface area (Å²) in [5.41, 5.74) is 3.30. The second kappa shape index (κ2) is 9.30. The molecule has 0 unspecified atom stereocenters. The first-order valence-electron chi connectivity index (χ1n) is 10.9.